The maximum atomic E-state index is 14.2. The van der Waals surface area contributed by atoms with Crippen molar-refractivity contribution in [2.75, 3.05) is 34.3 Å². The SMILES string of the molecule is COc1ccc(CN2CCCCC2)cc1-c1ccc(O)c2c1C[C@H]1C[C@H]3[C@H](N(C)C)C(=O)C(C(N)=O)C(=O)[C@@]3(O)C(=O)C1C2=O. The Morgan fingerprint density at radius 3 is 2.40 bits per heavy atom. The van der Waals surface area contributed by atoms with E-state index in [1.165, 1.54) is 17.4 Å². The van der Waals surface area contributed by atoms with Gasteiger partial charge in [-0.15, -0.1) is 0 Å². The van der Waals surface area contributed by atoms with Gasteiger partial charge in [0.05, 0.1) is 24.6 Å². The zero-order chi connectivity index (χ0) is 32.4. The first kappa shape index (κ1) is 31.1. The molecule has 1 saturated heterocycles. The number of aliphatic hydroxyl groups is 1. The van der Waals surface area contributed by atoms with Crippen molar-refractivity contribution in [3.8, 4) is 22.6 Å². The highest BCUT2D eigenvalue weighted by atomic mass is 16.5. The number of rotatable bonds is 6. The summed E-state index contributed by atoms with van der Waals surface area (Å²) >= 11 is 0. The number of piperidine rings is 1. The number of phenols is 1. The summed E-state index contributed by atoms with van der Waals surface area (Å²) in [5.74, 6) is -10.1. The van der Waals surface area contributed by atoms with Crippen LogP contribution in [0.15, 0.2) is 30.3 Å². The van der Waals surface area contributed by atoms with Gasteiger partial charge in [-0.25, -0.2) is 0 Å². The van der Waals surface area contributed by atoms with Gasteiger partial charge in [-0.3, -0.25) is 33.8 Å². The van der Waals surface area contributed by atoms with Crippen LogP contribution in [0.4, 0.5) is 0 Å². The molecule has 6 atom stereocenters. The van der Waals surface area contributed by atoms with Crippen LogP contribution in [0.25, 0.3) is 11.1 Å². The summed E-state index contributed by atoms with van der Waals surface area (Å²) in [6.45, 7) is 2.80. The number of hydrogen-bond donors (Lipinski definition) is 3. The predicted octanol–water partition coefficient (Wildman–Crippen LogP) is 1.53. The molecule has 4 N–H and O–H groups in total. The van der Waals surface area contributed by atoms with Crippen LogP contribution in [0.1, 0.15) is 47.2 Å². The second kappa shape index (κ2) is 11.5. The standard InChI is InChI=1S/C34H39N3O8/c1-36(2)28-22-15-18-14-21-19(20-13-17(7-10-24(20)45-3)16-37-11-5-4-6-12-37)8-9-23(38)26(21)29(39)25(18)31(41)34(22,44)32(42)27(30(28)40)33(35)43/h7-10,13,18,22,25,27-28,38,44H,4-6,11-12,14-16H2,1-3H3,(H2,35,43)/t18-,22-,25?,27?,28-,34-/m0/s1. The van der Waals surface area contributed by atoms with Crippen molar-refractivity contribution in [2.45, 2.75) is 50.3 Å². The minimum Gasteiger partial charge on any atom is -0.507 e. The highest BCUT2D eigenvalue weighted by Gasteiger charge is 2.69. The predicted molar refractivity (Wildman–Crippen MR) is 162 cm³/mol. The molecular weight excluding hydrogens is 578 g/mol. The first-order valence-electron chi connectivity index (χ1n) is 15.5. The summed E-state index contributed by atoms with van der Waals surface area (Å²) in [6.07, 6.45) is 3.70. The van der Waals surface area contributed by atoms with Crippen LogP contribution >= 0.6 is 0 Å². The Labute approximate surface area is 261 Å². The lowest BCUT2D eigenvalue weighted by Crippen LogP contribution is -2.74. The van der Waals surface area contributed by atoms with Crippen LogP contribution in [0.3, 0.4) is 0 Å². The summed E-state index contributed by atoms with van der Waals surface area (Å²) in [7, 11) is 4.69. The fourth-order valence-corrected chi connectivity index (χ4v) is 8.30. The summed E-state index contributed by atoms with van der Waals surface area (Å²) < 4.78 is 5.73. The molecule has 238 valence electrons. The van der Waals surface area contributed by atoms with Crippen molar-refractivity contribution in [2.24, 2.45) is 29.4 Å². The lowest BCUT2D eigenvalue weighted by molar-refractivity contribution is -0.181. The summed E-state index contributed by atoms with van der Waals surface area (Å²) in [5.41, 5.74) is 5.64. The molecule has 11 nitrogen and oxygen atoms in total. The van der Waals surface area contributed by atoms with Gasteiger partial charge in [-0.1, -0.05) is 18.6 Å². The number of ketones is 4. The zero-order valence-corrected chi connectivity index (χ0v) is 25.7. The molecule has 2 unspecified atom stereocenters. The van der Waals surface area contributed by atoms with Crippen molar-refractivity contribution < 1.29 is 38.9 Å². The molecule has 0 bridgehead atoms. The van der Waals surface area contributed by atoms with Crippen LogP contribution < -0.4 is 10.5 Å². The molecule has 0 radical (unpaired) electrons. The van der Waals surface area contributed by atoms with Gasteiger partial charge in [0.1, 0.15) is 11.5 Å². The molecule has 2 aromatic carbocycles. The van der Waals surface area contributed by atoms with E-state index in [-0.39, 0.29) is 24.2 Å². The number of ether oxygens (including phenoxy) is 1. The van der Waals surface area contributed by atoms with Gasteiger partial charge in [0.15, 0.2) is 34.7 Å². The normalized spacial score (nSPS) is 30.1. The molecule has 6 rings (SSSR count). The fourth-order valence-electron chi connectivity index (χ4n) is 8.30. The Hall–Kier alpha value is -3.93. The van der Waals surface area contributed by atoms with Gasteiger partial charge in [0.2, 0.25) is 5.91 Å². The van der Waals surface area contributed by atoms with Crippen LogP contribution in [0.5, 0.6) is 11.5 Å². The number of likely N-dealkylation sites (tertiary alicyclic amines) is 1. The van der Waals surface area contributed by atoms with Gasteiger partial charge >= 0.3 is 0 Å². The molecule has 2 aromatic rings. The minimum absolute atomic E-state index is 0.00880. The van der Waals surface area contributed by atoms with E-state index in [1.54, 1.807) is 27.3 Å². The van der Waals surface area contributed by atoms with E-state index in [0.29, 0.717) is 16.9 Å². The fraction of sp³-hybridized carbons (Fsp3) is 0.500. The van der Waals surface area contributed by atoms with Crippen molar-refractivity contribution in [3.63, 3.8) is 0 Å². The average Bonchev–Trinajstić information content (AvgIpc) is 2.99. The first-order chi connectivity index (χ1) is 21.4. The third-order valence-corrected chi connectivity index (χ3v) is 10.4. The third kappa shape index (κ3) is 4.79. The van der Waals surface area contributed by atoms with Crippen LogP contribution in [0.2, 0.25) is 0 Å². The monoisotopic (exact) mass is 617 g/mol. The van der Waals surface area contributed by atoms with Gasteiger partial charge in [0.25, 0.3) is 0 Å². The zero-order valence-electron chi connectivity index (χ0n) is 25.7. The molecule has 2 saturated carbocycles. The highest BCUT2D eigenvalue weighted by molar-refractivity contribution is 6.32. The third-order valence-electron chi connectivity index (χ3n) is 10.4. The number of carbonyl (C=O) groups is 5. The molecule has 0 spiro atoms. The Kier molecular flexibility index (Phi) is 7.91. The van der Waals surface area contributed by atoms with Crippen molar-refractivity contribution in [3.05, 3.63) is 47.0 Å². The van der Waals surface area contributed by atoms with E-state index < -0.39 is 64.4 Å². The molecule has 3 aliphatic carbocycles. The highest BCUT2D eigenvalue weighted by Crippen LogP contribution is 2.52. The lowest BCUT2D eigenvalue weighted by Gasteiger charge is -2.52. The number of likely N-dealkylation sites (N-methyl/N-ethyl adjacent to an activating group) is 1. The Morgan fingerprint density at radius 2 is 1.76 bits per heavy atom. The average molecular weight is 618 g/mol. The van der Waals surface area contributed by atoms with E-state index in [2.05, 4.69) is 4.90 Å². The van der Waals surface area contributed by atoms with Crippen molar-refractivity contribution in [1.29, 1.82) is 0 Å². The van der Waals surface area contributed by atoms with Gasteiger partial charge in [-0.2, -0.15) is 0 Å². The molecule has 0 aromatic heterocycles. The smallest absolute Gasteiger partial charge is 0.235 e. The van der Waals surface area contributed by atoms with Crippen LogP contribution in [0, 0.1) is 23.7 Å². The molecule has 1 amide bonds. The number of nitrogens with two attached hydrogens (primary N) is 1. The molecule has 1 heterocycles. The van der Waals surface area contributed by atoms with Crippen molar-refractivity contribution >= 4 is 29.0 Å². The second-order valence-corrected chi connectivity index (χ2v) is 13.1. The number of benzene rings is 2. The topological polar surface area (TPSA) is 168 Å². The van der Waals surface area contributed by atoms with Crippen LogP contribution in [-0.4, -0.2) is 95.0 Å². The number of methoxy groups -OCH3 is 1. The lowest BCUT2D eigenvalue weighted by atomic mass is 9.52. The van der Waals surface area contributed by atoms with Gasteiger partial charge in [0, 0.05) is 18.0 Å². The van der Waals surface area contributed by atoms with Gasteiger partial charge < -0.3 is 20.7 Å². The van der Waals surface area contributed by atoms with Gasteiger partial charge in [-0.05, 0) is 93.7 Å². The Bertz CT molecular complexity index is 1610. The van der Waals surface area contributed by atoms with E-state index in [1.807, 2.05) is 18.2 Å². The van der Waals surface area contributed by atoms with E-state index in [9.17, 15) is 34.2 Å². The van der Waals surface area contributed by atoms with Crippen LogP contribution in [-0.2, 0) is 32.1 Å². The van der Waals surface area contributed by atoms with Crippen molar-refractivity contribution in [1.82, 2.24) is 9.80 Å². The number of hydrogen-bond acceptors (Lipinski definition) is 10. The Morgan fingerprint density at radius 1 is 1.04 bits per heavy atom. The quantitative estimate of drug-likeness (QED) is 0.405. The number of primary amides is 1. The summed E-state index contributed by atoms with van der Waals surface area (Å²) in [6, 6.07) is 7.93. The number of aromatic hydroxyl groups is 1. The molecule has 3 fully saturated rings. The largest absolute Gasteiger partial charge is 0.507 e. The number of nitrogens with zero attached hydrogens (tertiary/aromatic N) is 2. The van der Waals surface area contributed by atoms with E-state index >= 15 is 0 Å². The second-order valence-electron chi connectivity index (χ2n) is 13.1. The first-order valence-corrected chi connectivity index (χ1v) is 15.5. The number of amides is 1. The number of Topliss-reactive ketones (excluding diaryl/α,β-unsaturated/α-hetero) is 4. The molecule has 45 heavy (non-hydrogen) atoms. The molecule has 11 heteroatoms. The number of fused-ring (bicyclic) bond motifs is 3. The summed E-state index contributed by atoms with van der Waals surface area (Å²) in [5, 5.41) is 22.8. The molecule has 1 aliphatic heterocycles. The maximum Gasteiger partial charge on any atom is 0.235 e. The molecule has 4 aliphatic rings. The number of carbonyl (C=O) groups excluding carboxylic acids is 5. The van der Waals surface area contributed by atoms with E-state index in [0.717, 1.165) is 43.6 Å². The maximum absolute atomic E-state index is 14.2. The molecular formula is C34H39N3O8. The van der Waals surface area contributed by atoms with E-state index in [4.69, 9.17) is 10.5 Å². The Balaban J connectivity index is 1.44. The summed E-state index contributed by atoms with van der Waals surface area (Å²) in [4.78, 5) is 71.2. The minimum atomic E-state index is -2.75. The number of phenolic OH excluding ortho intramolecular Hbond substituents is 1.